The maximum Gasteiger partial charge on any atom is 0.234 e. The Hall–Kier alpha value is -2.84. The first-order chi connectivity index (χ1) is 13.9. The van der Waals surface area contributed by atoms with Crippen LogP contribution in [0.2, 0.25) is 5.02 Å². The summed E-state index contributed by atoms with van der Waals surface area (Å²) in [6, 6.07) is 14.6. The molecule has 0 bridgehead atoms. The van der Waals surface area contributed by atoms with Gasteiger partial charge in [0.25, 0.3) is 0 Å². The zero-order valence-corrected chi connectivity index (χ0v) is 17.5. The van der Waals surface area contributed by atoms with Gasteiger partial charge in [-0.15, -0.1) is 10.2 Å². The van der Waals surface area contributed by atoms with Crippen LogP contribution < -0.4 is 10.6 Å². The summed E-state index contributed by atoms with van der Waals surface area (Å²) in [6.45, 7) is 1.97. The van der Waals surface area contributed by atoms with Crippen LogP contribution in [-0.4, -0.2) is 32.3 Å². The fraction of sp³-hybridized carbons (Fsp3) is 0.200. The highest BCUT2D eigenvalue weighted by Crippen LogP contribution is 2.21. The number of amides is 2. The van der Waals surface area contributed by atoms with Crippen molar-refractivity contribution in [2.45, 2.75) is 18.5 Å². The highest BCUT2D eigenvalue weighted by molar-refractivity contribution is 7.99. The van der Waals surface area contributed by atoms with Crippen molar-refractivity contribution in [3.8, 4) is 0 Å². The molecule has 0 unspecified atom stereocenters. The number of nitrogens with zero attached hydrogens (tertiary/aromatic N) is 3. The topological polar surface area (TPSA) is 88.9 Å². The number of anilines is 2. The number of benzene rings is 2. The fourth-order valence-corrected chi connectivity index (χ4v) is 3.49. The van der Waals surface area contributed by atoms with E-state index in [1.54, 1.807) is 35.9 Å². The van der Waals surface area contributed by atoms with Gasteiger partial charge >= 0.3 is 0 Å². The molecule has 7 nitrogen and oxygen atoms in total. The molecule has 0 atom stereocenters. The van der Waals surface area contributed by atoms with Gasteiger partial charge in [-0.2, -0.15) is 0 Å². The van der Waals surface area contributed by atoms with Crippen molar-refractivity contribution in [1.29, 1.82) is 0 Å². The van der Waals surface area contributed by atoms with Gasteiger partial charge in [-0.05, 0) is 36.8 Å². The third-order valence-corrected chi connectivity index (χ3v) is 5.38. The first-order valence-electron chi connectivity index (χ1n) is 8.84. The van der Waals surface area contributed by atoms with E-state index in [1.807, 2.05) is 31.2 Å². The second kappa shape index (κ2) is 9.58. The molecular weight excluding hydrogens is 410 g/mol. The number of hydrogen-bond donors (Lipinski definition) is 2. The van der Waals surface area contributed by atoms with Gasteiger partial charge in [-0.1, -0.05) is 47.6 Å². The number of halogens is 1. The molecule has 0 fully saturated rings. The predicted molar refractivity (Wildman–Crippen MR) is 115 cm³/mol. The number of thioether (sulfide) groups is 1. The number of aryl methyl sites for hydroxylation is 1. The maximum atomic E-state index is 12.3. The van der Waals surface area contributed by atoms with Gasteiger partial charge in [0.15, 0.2) is 5.16 Å². The third-order valence-electron chi connectivity index (χ3n) is 4.03. The molecule has 1 aromatic heterocycles. The van der Waals surface area contributed by atoms with E-state index in [0.29, 0.717) is 21.7 Å². The third kappa shape index (κ3) is 5.82. The lowest BCUT2D eigenvalue weighted by Gasteiger charge is -2.07. The second-order valence-electron chi connectivity index (χ2n) is 6.37. The first kappa shape index (κ1) is 20.9. The molecule has 0 saturated heterocycles. The summed E-state index contributed by atoms with van der Waals surface area (Å²) in [7, 11) is 1.76. The highest BCUT2D eigenvalue weighted by atomic mass is 35.5. The largest absolute Gasteiger partial charge is 0.325 e. The normalized spacial score (nSPS) is 10.6. The number of carbonyl (C=O) groups excluding carboxylic acids is 2. The van der Waals surface area contributed by atoms with Crippen LogP contribution in [0.5, 0.6) is 0 Å². The molecule has 2 aromatic carbocycles. The molecule has 0 radical (unpaired) electrons. The van der Waals surface area contributed by atoms with E-state index in [0.717, 1.165) is 11.3 Å². The average Bonchev–Trinajstić information content (AvgIpc) is 3.01. The van der Waals surface area contributed by atoms with Crippen LogP contribution in [0.3, 0.4) is 0 Å². The molecule has 3 aromatic rings. The molecule has 29 heavy (non-hydrogen) atoms. The minimum atomic E-state index is -0.248. The van der Waals surface area contributed by atoms with Gasteiger partial charge in [0.05, 0.1) is 22.9 Å². The number of rotatable bonds is 7. The van der Waals surface area contributed by atoms with Crippen molar-refractivity contribution in [3.63, 3.8) is 0 Å². The smallest absolute Gasteiger partial charge is 0.234 e. The molecular formula is C20H20ClN5O2S. The van der Waals surface area contributed by atoms with Crippen LogP contribution in [-0.2, 0) is 23.1 Å². The summed E-state index contributed by atoms with van der Waals surface area (Å²) >= 11 is 7.31. The Kier molecular flexibility index (Phi) is 6.90. The quantitative estimate of drug-likeness (QED) is 0.559. The standard InChI is InChI=1S/C20H20ClN5O2S/c1-13-6-5-7-14(10-13)22-19(28)12-29-20-25-24-17(26(20)2)11-18(27)23-16-9-4-3-8-15(16)21/h3-10H,11-12H2,1-2H3,(H,22,28)(H,23,27). The van der Waals surface area contributed by atoms with Gasteiger partial charge < -0.3 is 15.2 Å². The summed E-state index contributed by atoms with van der Waals surface area (Å²) in [6.07, 6.45) is 0.0464. The molecule has 9 heteroatoms. The van der Waals surface area contributed by atoms with Gasteiger partial charge in [-0.3, -0.25) is 9.59 Å². The van der Waals surface area contributed by atoms with E-state index in [-0.39, 0.29) is 24.0 Å². The number of aromatic nitrogens is 3. The van der Waals surface area contributed by atoms with Crippen LogP contribution in [0, 0.1) is 6.92 Å². The molecule has 0 aliphatic rings. The molecule has 150 valence electrons. The Morgan fingerprint density at radius 3 is 2.62 bits per heavy atom. The van der Waals surface area contributed by atoms with E-state index in [1.165, 1.54) is 11.8 Å². The summed E-state index contributed by atoms with van der Waals surface area (Å²) in [5.74, 6) is 0.297. The first-order valence-corrected chi connectivity index (χ1v) is 10.2. The molecule has 2 N–H and O–H groups in total. The van der Waals surface area contributed by atoms with Crippen molar-refractivity contribution in [3.05, 3.63) is 64.9 Å². The number of para-hydroxylation sites is 1. The number of nitrogens with one attached hydrogen (secondary N) is 2. The van der Waals surface area contributed by atoms with Gasteiger partial charge in [0.1, 0.15) is 5.82 Å². The SMILES string of the molecule is Cc1cccc(NC(=O)CSc2nnc(CC(=O)Nc3ccccc3Cl)n2C)c1. The van der Waals surface area contributed by atoms with Crippen molar-refractivity contribution in [2.75, 3.05) is 16.4 Å². The maximum absolute atomic E-state index is 12.3. The summed E-state index contributed by atoms with van der Waals surface area (Å²) in [5, 5.41) is 14.8. The lowest BCUT2D eigenvalue weighted by molar-refractivity contribution is -0.116. The average molecular weight is 430 g/mol. The monoisotopic (exact) mass is 429 g/mol. The van der Waals surface area contributed by atoms with Crippen molar-refractivity contribution in [1.82, 2.24) is 14.8 Å². The molecule has 2 amide bonds. The fourth-order valence-electron chi connectivity index (χ4n) is 2.58. The Morgan fingerprint density at radius 2 is 1.86 bits per heavy atom. The molecule has 0 aliphatic heterocycles. The van der Waals surface area contributed by atoms with Crippen molar-refractivity contribution < 1.29 is 9.59 Å². The molecule has 3 rings (SSSR count). The molecule has 0 saturated carbocycles. The van der Waals surface area contributed by atoms with Gasteiger partial charge in [0, 0.05) is 12.7 Å². The van der Waals surface area contributed by atoms with Crippen molar-refractivity contribution >= 4 is 46.6 Å². The predicted octanol–water partition coefficient (Wildman–Crippen LogP) is 3.69. The summed E-state index contributed by atoms with van der Waals surface area (Å²) < 4.78 is 1.71. The van der Waals surface area contributed by atoms with Crippen LogP contribution in [0.25, 0.3) is 0 Å². The minimum Gasteiger partial charge on any atom is -0.325 e. The number of hydrogen-bond acceptors (Lipinski definition) is 5. The van der Waals surface area contributed by atoms with Crippen LogP contribution in [0.4, 0.5) is 11.4 Å². The Balaban J connectivity index is 1.54. The number of carbonyl (C=O) groups is 2. The Bertz CT molecular complexity index is 1040. The Morgan fingerprint density at radius 1 is 1.07 bits per heavy atom. The van der Waals surface area contributed by atoms with Crippen molar-refractivity contribution in [2.24, 2.45) is 7.05 Å². The molecule has 1 heterocycles. The zero-order valence-electron chi connectivity index (χ0n) is 16.0. The molecule has 0 aliphatic carbocycles. The summed E-state index contributed by atoms with van der Waals surface area (Å²) in [5.41, 5.74) is 2.37. The van der Waals surface area contributed by atoms with E-state index in [9.17, 15) is 9.59 Å². The zero-order chi connectivity index (χ0) is 20.8. The second-order valence-corrected chi connectivity index (χ2v) is 7.72. The summed E-state index contributed by atoms with van der Waals surface area (Å²) in [4.78, 5) is 24.4. The van der Waals surface area contributed by atoms with Gasteiger partial charge in [0.2, 0.25) is 11.8 Å². The minimum absolute atomic E-state index is 0.0464. The van der Waals surface area contributed by atoms with E-state index >= 15 is 0 Å². The van der Waals surface area contributed by atoms with E-state index in [4.69, 9.17) is 11.6 Å². The lowest BCUT2D eigenvalue weighted by atomic mass is 10.2. The van der Waals surface area contributed by atoms with Crippen LogP contribution in [0.1, 0.15) is 11.4 Å². The van der Waals surface area contributed by atoms with Gasteiger partial charge in [-0.25, -0.2) is 0 Å². The van der Waals surface area contributed by atoms with E-state index in [2.05, 4.69) is 20.8 Å². The van der Waals surface area contributed by atoms with Crippen LogP contribution >= 0.6 is 23.4 Å². The Labute approximate surface area is 177 Å². The molecule has 0 spiro atoms. The lowest BCUT2D eigenvalue weighted by Crippen LogP contribution is -2.17. The van der Waals surface area contributed by atoms with E-state index < -0.39 is 0 Å². The highest BCUT2D eigenvalue weighted by Gasteiger charge is 2.15. The van der Waals surface area contributed by atoms with Crippen LogP contribution in [0.15, 0.2) is 53.7 Å².